The van der Waals surface area contributed by atoms with Crippen molar-refractivity contribution < 1.29 is 0 Å². The summed E-state index contributed by atoms with van der Waals surface area (Å²) >= 11 is 12.7. The number of halogens is 2. The molecule has 4 heteroatoms. The molecule has 0 aliphatic carbocycles. The summed E-state index contributed by atoms with van der Waals surface area (Å²) in [5.74, 6) is 0. The molecule has 0 aromatic heterocycles. The van der Waals surface area contributed by atoms with Crippen molar-refractivity contribution in [3.63, 3.8) is 0 Å². The molecule has 0 radical (unpaired) electrons. The van der Waals surface area contributed by atoms with E-state index in [0.717, 1.165) is 34.0 Å². The minimum atomic E-state index is 0.304. The topological polar surface area (TPSA) is 3.24 Å². The summed E-state index contributed by atoms with van der Waals surface area (Å²) in [5, 5.41) is 1.65. The van der Waals surface area contributed by atoms with Crippen LogP contribution in [-0.2, 0) is 0 Å². The van der Waals surface area contributed by atoms with E-state index in [1.165, 1.54) is 10.9 Å². The highest BCUT2D eigenvalue weighted by Crippen LogP contribution is 2.15. The van der Waals surface area contributed by atoms with Crippen molar-refractivity contribution in [3.05, 3.63) is 57.6 Å². The Bertz CT molecular complexity index is 604. The van der Waals surface area contributed by atoms with Gasteiger partial charge in [-0.1, -0.05) is 64.7 Å². The van der Waals surface area contributed by atoms with E-state index in [-0.39, 0.29) is 0 Å². The summed E-state index contributed by atoms with van der Waals surface area (Å²) in [6.07, 6.45) is 1.03. The molecule has 0 amide bonds. The van der Waals surface area contributed by atoms with Crippen molar-refractivity contribution in [2.45, 2.75) is 20.2 Å². The predicted molar refractivity (Wildman–Crippen MR) is 101 cm³/mol. The molecule has 2 aromatic carbocycles. The van der Waals surface area contributed by atoms with E-state index in [2.05, 4.69) is 55.4 Å². The Labute approximate surface area is 144 Å². The molecule has 0 unspecified atom stereocenters. The van der Waals surface area contributed by atoms with E-state index in [4.69, 9.17) is 23.2 Å². The largest absolute Gasteiger partial charge is 0.310 e. The fourth-order valence-corrected chi connectivity index (χ4v) is 2.94. The second-order valence-corrected chi connectivity index (χ2v) is 6.98. The lowest BCUT2D eigenvalue weighted by Gasteiger charge is -2.19. The molecule has 0 aliphatic rings. The minimum Gasteiger partial charge on any atom is -0.310 e. The summed E-state index contributed by atoms with van der Waals surface area (Å²) < 4.78 is 0. The average Bonchev–Trinajstić information content (AvgIpc) is 2.46. The zero-order chi connectivity index (χ0) is 16.3. The van der Waals surface area contributed by atoms with E-state index < -0.39 is 0 Å². The molecule has 0 bridgehead atoms. The molecule has 2 aromatic rings. The Kier molecular flexibility index (Phi) is 5.97. The average molecular weight is 334 g/mol. The third-order valence-electron chi connectivity index (χ3n) is 4.06. The second kappa shape index (κ2) is 7.54. The number of hydrogen-bond donors (Lipinski definition) is 0. The first kappa shape index (κ1) is 17.4. The van der Waals surface area contributed by atoms with Crippen molar-refractivity contribution in [3.8, 4) is 0 Å². The van der Waals surface area contributed by atoms with Gasteiger partial charge in [0.2, 0.25) is 6.71 Å². The fraction of sp³-hybridized carbons (Fsp3) is 0.333. The van der Waals surface area contributed by atoms with E-state index in [1.807, 2.05) is 13.8 Å². The highest BCUT2D eigenvalue weighted by Gasteiger charge is 2.20. The number of benzene rings is 2. The maximum Gasteiger partial charge on any atom is 0.210 e. The van der Waals surface area contributed by atoms with E-state index >= 15 is 0 Å². The van der Waals surface area contributed by atoms with Crippen LogP contribution in [0.25, 0.3) is 0 Å². The molecule has 0 heterocycles. The molecule has 22 heavy (non-hydrogen) atoms. The number of hydrogen-bond acceptors (Lipinski definition) is 1. The molecule has 2 rings (SSSR count). The molecule has 0 saturated carbocycles. The van der Waals surface area contributed by atoms with Gasteiger partial charge in [0.25, 0.3) is 0 Å². The third-order valence-corrected chi connectivity index (χ3v) is 4.88. The zero-order valence-corrected chi connectivity index (χ0v) is 15.2. The Morgan fingerprint density at radius 3 is 1.68 bits per heavy atom. The van der Waals surface area contributed by atoms with Gasteiger partial charge in [-0.2, -0.15) is 0 Å². The van der Waals surface area contributed by atoms with Crippen LogP contribution in [0, 0.1) is 13.8 Å². The summed E-state index contributed by atoms with van der Waals surface area (Å²) in [7, 11) is 4.20. The van der Waals surface area contributed by atoms with Gasteiger partial charge < -0.3 is 4.90 Å². The minimum absolute atomic E-state index is 0.304. The van der Waals surface area contributed by atoms with Gasteiger partial charge in [0.05, 0.1) is 0 Å². The monoisotopic (exact) mass is 333 g/mol. The summed E-state index contributed by atoms with van der Waals surface area (Å²) in [6, 6.07) is 12.7. The van der Waals surface area contributed by atoms with Gasteiger partial charge in [0, 0.05) is 10.0 Å². The Balaban J connectivity index is 2.40. The van der Waals surface area contributed by atoms with Crippen molar-refractivity contribution in [1.29, 1.82) is 0 Å². The Morgan fingerprint density at radius 1 is 0.864 bits per heavy atom. The van der Waals surface area contributed by atoms with Crippen LogP contribution in [0.5, 0.6) is 0 Å². The summed E-state index contributed by atoms with van der Waals surface area (Å²) in [5.41, 5.74) is 4.71. The van der Waals surface area contributed by atoms with Crippen LogP contribution in [0.4, 0.5) is 0 Å². The lowest BCUT2D eigenvalue weighted by molar-refractivity contribution is 0.433. The van der Waals surface area contributed by atoms with E-state index in [9.17, 15) is 0 Å². The molecule has 116 valence electrons. The molecule has 0 aliphatic heterocycles. The summed E-state index contributed by atoms with van der Waals surface area (Å²) in [4.78, 5) is 2.21. The van der Waals surface area contributed by atoms with Crippen LogP contribution < -0.4 is 10.9 Å². The molecular weight excluding hydrogens is 312 g/mol. The standard InChI is InChI=1S/C18H22BCl2N/c1-13-5-7-15(11-17(13)20)19(9-10-22(3)4)16-8-6-14(2)18(21)12-16/h5-8,11-12H,9-10H2,1-4H3. The first-order chi connectivity index (χ1) is 10.4. The van der Waals surface area contributed by atoms with E-state index in [1.54, 1.807) is 0 Å². The van der Waals surface area contributed by atoms with Gasteiger partial charge in [-0.05, 0) is 57.7 Å². The van der Waals surface area contributed by atoms with Gasteiger partial charge >= 0.3 is 0 Å². The molecule has 0 spiro atoms. The molecule has 0 fully saturated rings. The van der Waals surface area contributed by atoms with Crippen LogP contribution in [0.3, 0.4) is 0 Å². The predicted octanol–water partition coefficient (Wildman–Crippen LogP) is 3.78. The highest BCUT2D eigenvalue weighted by atomic mass is 35.5. The third kappa shape index (κ3) is 4.28. The highest BCUT2D eigenvalue weighted by molar-refractivity contribution is 6.85. The fourth-order valence-electron chi connectivity index (χ4n) is 2.56. The smallest absolute Gasteiger partial charge is 0.210 e. The second-order valence-electron chi connectivity index (χ2n) is 6.16. The lowest BCUT2D eigenvalue weighted by atomic mass is 9.38. The van der Waals surface area contributed by atoms with Crippen LogP contribution >= 0.6 is 23.2 Å². The zero-order valence-electron chi connectivity index (χ0n) is 13.7. The first-order valence-electron chi connectivity index (χ1n) is 7.55. The molecule has 0 saturated heterocycles. The van der Waals surface area contributed by atoms with Crippen molar-refractivity contribution in [1.82, 2.24) is 4.90 Å². The van der Waals surface area contributed by atoms with Gasteiger partial charge in [0.15, 0.2) is 0 Å². The molecule has 0 N–H and O–H groups in total. The quantitative estimate of drug-likeness (QED) is 0.753. The van der Waals surface area contributed by atoms with Gasteiger partial charge in [-0.3, -0.25) is 0 Å². The van der Waals surface area contributed by atoms with Gasteiger partial charge in [-0.15, -0.1) is 0 Å². The van der Waals surface area contributed by atoms with Crippen LogP contribution in [0.2, 0.25) is 16.4 Å². The maximum atomic E-state index is 6.33. The van der Waals surface area contributed by atoms with Crippen LogP contribution in [-0.4, -0.2) is 32.3 Å². The van der Waals surface area contributed by atoms with Crippen molar-refractivity contribution >= 4 is 40.8 Å². The SMILES string of the molecule is Cc1ccc(B(CCN(C)C)c2ccc(C)c(Cl)c2)cc1Cl. The number of rotatable bonds is 5. The lowest BCUT2D eigenvalue weighted by Crippen LogP contribution is -2.44. The number of nitrogens with zero attached hydrogens (tertiary/aromatic N) is 1. The maximum absolute atomic E-state index is 6.33. The molecule has 1 nitrogen and oxygen atoms in total. The first-order valence-corrected chi connectivity index (χ1v) is 8.31. The van der Waals surface area contributed by atoms with Crippen LogP contribution in [0.15, 0.2) is 36.4 Å². The van der Waals surface area contributed by atoms with Gasteiger partial charge in [0.1, 0.15) is 0 Å². The Hall–Kier alpha value is -0.955. The van der Waals surface area contributed by atoms with Crippen molar-refractivity contribution in [2.75, 3.05) is 20.6 Å². The van der Waals surface area contributed by atoms with E-state index in [0.29, 0.717) is 6.71 Å². The Morgan fingerprint density at radius 2 is 1.32 bits per heavy atom. The normalized spacial score (nSPS) is 11.0. The van der Waals surface area contributed by atoms with Crippen molar-refractivity contribution in [2.24, 2.45) is 0 Å². The molecular formula is C18H22BCl2N. The summed E-state index contributed by atoms with van der Waals surface area (Å²) in [6.45, 7) is 5.38. The molecule has 0 atom stereocenters. The van der Waals surface area contributed by atoms with Gasteiger partial charge in [-0.25, -0.2) is 0 Å². The number of aryl methyl sites for hydroxylation is 2. The van der Waals surface area contributed by atoms with Crippen LogP contribution in [0.1, 0.15) is 11.1 Å².